The highest BCUT2D eigenvalue weighted by Crippen LogP contribution is 2.41. The molecule has 1 saturated carbocycles. The lowest BCUT2D eigenvalue weighted by Gasteiger charge is -2.53. The predicted octanol–water partition coefficient (Wildman–Crippen LogP) is 6.21. The Morgan fingerprint density at radius 3 is 2.37 bits per heavy atom. The van der Waals surface area contributed by atoms with E-state index in [2.05, 4.69) is 53.3 Å². The fraction of sp³-hybridized carbons (Fsp3) is 0.667. The molecule has 1 aromatic carbocycles. The molecule has 224 valence electrons. The second-order valence-corrected chi connectivity index (χ2v) is 12.8. The van der Waals surface area contributed by atoms with Crippen LogP contribution in [0.25, 0.3) is 0 Å². The molecule has 3 aliphatic rings. The Hall–Kier alpha value is -2.38. The zero-order chi connectivity index (χ0) is 29.0. The molecule has 3 heterocycles. The van der Waals surface area contributed by atoms with E-state index in [-0.39, 0.29) is 23.9 Å². The first-order valence-corrected chi connectivity index (χ1v) is 16.5. The van der Waals surface area contributed by atoms with Gasteiger partial charge in [-0.3, -0.25) is 19.6 Å². The number of aromatic amines is 1. The van der Waals surface area contributed by atoms with Gasteiger partial charge < -0.3 is 10.2 Å². The Morgan fingerprint density at radius 1 is 1.02 bits per heavy atom. The molecule has 2 saturated heterocycles. The van der Waals surface area contributed by atoms with Crippen molar-refractivity contribution in [1.82, 2.24) is 25.3 Å². The lowest BCUT2D eigenvalue weighted by atomic mass is 9.78. The van der Waals surface area contributed by atoms with Crippen molar-refractivity contribution in [1.29, 1.82) is 0 Å². The molecule has 2 atom stereocenters. The van der Waals surface area contributed by atoms with E-state index in [1.807, 2.05) is 17.0 Å². The van der Waals surface area contributed by atoms with Crippen LogP contribution in [0.2, 0.25) is 5.02 Å². The molecule has 1 aromatic heterocycles. The number of nitrogens with zero attached hydrogens (tertiary/aromatic N) is 3. The maximum absolute atomic E-state index is 14.0. The SMILES string of the molecule is CCCCN1C(=O)C(CC2CCCCC2)NC(=O)C12CCN(C(c1ccc(Cl)cc1)c1c(CC)n[nH]c1CC)CC2. The number of aryl methyl sites for hydroxylation is 2. The average Bonchev–Trinajstić information content (AvgIpc) is 3.41. The van der Waals surface area contributed by atoms with Crippen LogP contribution in [0.1, 0.15) is 114 Å². The first kappa shape index (κ1) is 30.1. The van der Waals surface area contributed by atoms with Crippen molar-refractivity contribution in [3.63, 3.8) is 0 Å². The first-order valence-electron chi connectivity index (χ1n) is 16.1. The van der Waals surface area contributed by atoms with Gasteiger partial charge in [-0.05, 0) is 62.1 Å². The number of halogens is 1. The number of carbonyl (C=O) groups is 2. The van der Waals surface area contributed by atoms with Gasteiger partial charge in [-0.15, -0.1) is 0 Å². The summed E-state index contributed by atoms with van der Waals surface area (Å²) in [6, 6.07) is 7.78. The fourth-order valence-electron chi connectivity index (χ4n) is 7.58. The summed E-state index contributed by atoms with van der Waals surface area (Å²) in [7, 11) is 0. The molecule has 2 aromatic rings. The van der Waals surface area contributed by atoms with Gasteiger partial charge in [-0.2, -0.15) is 5.10 Å². The summed E-state index contributed by atoms with van der Waals surface area (Å²) < 4.78 is 0. The average molecular weight is 582 g/mol. The summed E-state index contributed by atoms with van der Waals surface area (Å²) in [5.74, 6) is 0.740. The van der Waals surface area contributed by atoms with E-state index in [0.29, 0.717) is 25.3 Å². The quantitative estimate of drug-likeness (QED) is 0.349. The maximum atomic E-state index is 14.0. The van der Waals surface area contributed by atoms with E-state index in [1.54, 1.807) is 0 Å². The number of hydrogen-bond donors (Lipinski definition) is 2. The number of piperidine rings is 1. The van der Waals surface area contributed by atoms with Gasteiger partial charge >= 0.3 is 0 Å². The largest absolute Gasteiger partial charge is 0.342 e. The summed E-state index contributed by atoms with van der Waals surface area (Å²) >= 11 is 6.29. The molecule has 2 aliphatic heterocycles. The van der Waals surface area contributed by atoms with Crippen molar-refractivity contribution in [3.05, 3.63) is 51.8 Å². The molecule has 8 heteroatoms. The number of unbranched alkanes of at least 4 members (excludes halogenated alkanes) is 1. The minimum Gasteiger partial charge on any atom is -0.342 e. The Kier molecular flexibility index (Phi) is 9.75. The standard InChI is InChI=1S/C33H48ClN5O2/c1-4-7-19-39-31(40)28(22-23-11-9-8-10-12-23)35-32(41)33(39)17-20-38(21-18-33)30(24-13-15-25(34)16-14-24)29-26(5-2)36-37-27(29)6-3/h13-16,23,28,30H,4-12,17-22H2,1-3H3,(H,35,41)(H,36,37). The Morgan fingerprint density at radius 2 is 1.73 bits per heavy atom. The zero-order valence-corrected chi connectivity index (χ0v) is 25.9. The smallest absolute Gasteiger partial charge is 0.246 e. The molecule has 3 fully saturated rings. The summed E-state index contributed by atoms with van der Waals surface area (Å²) in [5, 5.41) is 11.9. The second-order valence-electron chi connectivity index (χ2n) is 12.4. The second kappa shape index (κ2) is 13.3. The summed E-state index contributed by atoms with van der Waals surface area (Å²) in [5.41, 5.74) is 3.89. The molecule has 0 radical (unpaired) electrons. The van der Waals surface area contributed by atoms with Gasteiger partial charge in [0.05, 0.1) is 11.7 Å². The molecular formula is C33H48ClN5O2. The van der Waals surface area contributed by atoms with Gasteiger partial charge in [-0.1, -0.05) is 83.0 Å². The molecule has 1 aliphatic carbocycles. The molecule has 41 heavy (non-hydrogen) atoms. The fourth-order valence-corrected chi connectivity index (χ4v) is 7.70. The number of nitrogens with one attached hydrogen (secondary N) is 2. The van der Waals surface area contributed by atoms with Crippen LogP contribution in [-0.2, 0) is 22.4 Å². The van der Waals surface area contributed by atoms with Gasteiger partial charge in [0.15, 0.2) is 0 Å². The van der Waals surface area contributed by atoms with Crippen molar-refractivity contribution in [2.75, 3.05) is 19.6 Å². The lowest BCUT2D eigenvalue weighted by molar-refractivity contribution is -0.162. The van der Waals surface area contributed by atoms with E-state index in [0.717, 1.165) is 61.6 Å². The first-order chi connectivity index (χ1) is 19.9. The number of piperazine rings is 1. The van der Waals surface area contributed by atoms with Gasteiger partial charge in [0.25, 0.3) is 0 Å². The Bertz CT molecular complexity index is 1160. The van der Waals surface area contributed by atoms with E-state index < -0.39 is 5.54 Å². The van der Waals surface area contributed by atoms with Gasteiger partial charge in [0, 0.05) is 35.9 Å². The molecule has 7 nitrogen and oxygen atoms in total. The van der Waals surface area contributed by atoms with Crippen LogP contribution in [0.15, 0.2) is 24.3 Å². The van der Waals surface area contributed by atoms with Gasteiger partial charge in [0.1, 0.15) is 11.6 Å². The van der Waals surface area contributed by atoms with E-state index in [4.69, 9.17) is 11.6 Å². The minimum absolute atomic E-state index is 0.0127. The van der Waals surface area contributed by atoms with Crippen molar-refractivity contribution in [2.45, 2.75) is 115 Å². The van der Waals surface area contributed by atoms with Crippen LogP contribution < -0.4 is 5.32 Å². The highest BCUT2D eigenvalue weighted by molar-refractivity contribution is 6.30. The van der Waals surface area contributed by atoms with Crippen LogP contribution in [0, 0.1) is 5.92 Å². The zero-order valence-electron chi connectivity index (χ0n) is 25.2. The van der Waals surface area contributed by atoms with Crippen LogP contribution in [0.4, 0.5) is 0 Å². The monoisotopic (exact) mass is 581 g/mol. The molecule has 2 unspecified atom stereocenters. The Labute approximate surface area is 250 Å². The van der Waals surface area contributed by atoms with Crippen molar-refractivity contribution >= 4 is 23.4 Å². The molecule has 1 spiro atoms. The van der Waals surface area contributed by atoms with E-state index in [9.17, 15) is 9.59 Å². The number of aromatic nitrogens is 2. The van der Waals surface area contributed by atoms with Crippen LogP contribution in [0.3, 0.4) is 0 Å². The number of carbonyl (C=O) groups excluding carboxylic acids is 2. The number of likely N-dealkylation sites (tertiary alicyclic amines) is 1. The molecular weight excluding hydrogens is 534 g/mol. The predicted molar refractivity (Wildman–Crippen MR) is 164 cm³/mol. The summed E-state index contributed by atoms with van der Waals surface area (Å²) in [6.07, 6.45) is 11.8. The number of H-pyrrole nitrogens is 1. The summed E-state index contributed by atoms with van der Waals surface area (Å²) in [6.45, 7) is 8.57. The number of amides is 2. The van der Waals surface area contributed by atoms with E-state index in [1.165, 1.54) is 43.2 Å². The highest BCUT2D eigenvalue weighted by Gasteiger charge is 2.54. The van der Waals surface area contributed by atoms with Crippen molar-refractivity contribution < 1.29 is 9.59 Å². The summed E-state index contributed by atoms with van der Waals surface area (Å²) in [4.78, 5) is 32.5. The van der Waals surface area contributed by atoms with E-state index >= 15 is 0 Å². The van der Waals surface area contributed by atoms with Crippen molar-refractivity contribution in [2.24, 2.45) is 5.92 Å². The lowest BCUT2D eigenvalue weighted by Crippen LogP contribution is -2.73. The van der Waals surface area contributed by atoms with Crippen LogP contribution >= 0.6 is 11.6 Å². The third kappa shape index (κ3) is 6.08. The molecule has 5 rings (SSSR count). The highest BCUT2D eigenvalue weighted by atomic mass is 35.5. The third-order valence-electron chi connectivity index (χ3n) is 9.94. The minimum atomic E-state index is -0.770. The van der Waals surface area contributed by atoms with Crippen LogP contribution in [-0.4, -0.2) is 63.0 Å². The number of rotatable bonds is 10. The topological polar surface area (TPSA) is 81.3 Å². The molecule has 2 N–H and O–H groups in total. The molecule has 0 bridgehead atoms. The molecule has 2 amide bonds. The van der Waals surface area contributed by atoms with Gasteiger partial charge in [0.2, 0.25) is 11.8 Å². The van der Waals surface area contributed by atoms with Crippen molar-refractivity contribution in [3.8, 4) is 0 Å². The number of hydrogen-bond acceptors (Lipinski definition) is 4. The maximum Gasteiger partial charge on any atom is 0.246 e. The Balaban J connectivity index is 1.41. The number of benzene rings is 1. The third-order valence-corrected chi connectivity index (χ3v) is 10.2. The van der Waals surface area contributed by atoms with Crippen LogP contribution in [0.5, 0.6) is 0 Å². The van der Waals surface area contributed by atoms with Gasteiger partial charge in [-0.25, -0.2) is 0 Å². The normalized spacial score (nSPS) is 22.7.